The highest BCUT2D eigenvalue weighted by Crippen LogP contribution is 2.16. The van der Waals surface area contributed by atoms with Gasteiger partial charge >= 0.3 is 0 Å². The Kier molecular flexibility index (Phi) is 2.28. The van der Waals surface area contributed by atoms with E-state index in [1.165, 1.54) is 6.26 Å². The Bertz CT molecular complexity index is 504. The Balaban J connectivity index is 2.63. The van der Waals surface area contributed by atoms with Crippen molar-refractivity contribution >= 4 is 28.4 Å². The molecule has 0 spiro atoms. The van der Waals surface area contributed by atoms with E-state index in [2.05, 4.69) is 9.97 Å². The number of hydrogen-bond donors (Lipinski definition) is 2. The van der Waals surface area contributed by atoms with E-state index in [-0.39, 0.29) is 11.4 Å². The monoisotopic (exact) mass is 303 g/mol. The number of nitrogens with two attached hydrogens (primary N) is 1. The van der Waals surface area contributed by atoms with Gasteiger partial charge in [-0.3, -0.25) is 4.79 Å². The van der Waals surface area contributed by atoms with Crippen molar-refractivity contribution in [2.24, 2.45) is 0 Å². The van der Waals surface area contributed by atoms with E-state index >= 15 is 0 Å². The van der Waals surface area contributed by atoms with Gasteiger partial charge in [-0.2, -0.15) is 0 Å². The molecule has 2 aromatic heterocycles. The van der Waals surface area contributed by atoms with E-state index in [4.69, 9.17) is 10.2 Å². The maximum absolute atomic E-state index is 11.3. The molecule has 3 N–H and O–H groups in total. The first-order valence-corrected chi connectivity index (χ1v) is 4.85. The van der Waals surface area contributed by atoms with Gasteiger partial charge in [0.1, 0.15) is 9.39 Å². The van der Waals surface area contributed by atoms with Crippen LogP contribution < -0.4 is 11.3 Å². The van der Waals surface area contributed by atoms with Crippen molar-refractivity contribution in [1.82, 2.24) is 9.97 Å². The molecule has 0 aliphatic heterocycles. The Morgan fingerprint density at radius 2 is 2.36 bits per heavy atom. The van der Waals surface area contributed by atoms with Crippen LogP contribution in [0.25, 0.3) is 11.6 Å². The fraction of sp³-hybridized carbons (Fsp3) is 0. The lowest BCUT2D eigenvalue weighted by Gasteiger charge is -1.99. The molecule has 2 rings (SSSR count). The molecule has 0 aliphatic rings. The van der Waals surface area contributed by atoms with Gasteiger partial charge in [0.05, 0.1) is 6.26 Å². The van der Waals surface area contributed by atoms with Gasteiger partial charge in [0.15, 0.2) is 11.6 Å². The SMILES string of the molecule is Nc1nc(-c2ccco2)[nH]c(=O)c1I. The molecule has 0 saturated carbocycles. The fourth-order valence-electron chi connectivity index (χ4n) is 1.01. The molecule has 0 aliphatic carbocycles. The number of halogens is 1. The molecule has 2 aromatic rings. The molecule has 0 bridgehead atoms. The second-order valence-electron chi connectivity index (χ2n) is 2.59. The second kappa shape index (κ2) is 3.45. The summed E-state index contributed by atoms with van der Waals surface area (Å²) in [6.45, 7) is 0. The summed E-state index contributed by atoms with van der Waals surface area (Å²) in [6.07, 6.45) is 1.50. The first-order chi connectivity index (χ1) is 6.68. The van der Waals surface area contributed by atoms with Crippen LogP contribution in [-0.4, -0.2) is 9.97 Å². The van der Waals surface area contributed by atoms with Gasteiger partial charge in [-0.25, -0.2) is 4.98 Å². The van der Waals surface area contributed by atoms with Crippen LogP contribution in [0, 0.1) is 3.57 Å². The largest absolute Gasteiger partial charge is 0.461 e. The highest BCUT2D eigenvalue weighted by Gasteiger charge is 2.08. The summed E-state index contributed by atoms with van der Waals surface area (Å²) in [6, 6.07) is 3.41. The van der Waals surface area contributed by atoms with Gasteiger partial charge in [-0.1, -0.05) is 0 Å². The molecular formula is C8H6IN3O2. The van der Waals surface area contributed by atoms with Crippen LogP contribution in [0.2, 0.25) is 0 Å². The number of furan rings is 1. The van der Waals surface area contributed by atoms with E-state index in [0.29, 0.717) is 15.2 Å². The lowest BCUT2D eigenvalue weighted by Crippen LogP contribution is -2.15. The summed E-state index contributed by atoms with van der Waals surface area (Å²) in [4.78, 5) is 17.9. The van der Waals surface area contributed by atoms with Crippen molar-refractivity contribution in [2.75, 3.05) is 5.73 Å². The third-order valence-corrected chi connectivity index (χ3v) is 2.69. The summed E-state index contributed by atoms with van der Waals surface area (Å²) < 4.78 is 5.47. The third-order valence-electron chi connectivity index (χ3n) is 1.64. The number of nitrogens with one attached hydrogen (secondary N) is 1. The van der Waals surface area contributed by atoms with Crippen LogP contribution >= 0.6 is 22.6 Å². The molecule has 5 nitrogen and oxygen atoms in total. The quantitative estimate of drug-likeness (QED) is 0.776. The van der Waals surface area contributed by atoms with Gasteiger partial charge < -0.3 is 15.1 Å². The molecule has 0 amide bonds. The first-order valence-electron chi connectivity index (χ1n) is 3.77. The van der Waals surface area contributed by atoms with E-state index in [1.54, 1.807) is 12.1 Å². The van der Waals surface area contributed by atoms with Crippen LogP contribution in [0.1, 0.15) is 0 Å². The first kappa shape index (κ1) is 9.25. The van der Waals surface area contributed by atoms with Crippen molar-refractivity contribution in [2.45, 2.75) is 0 Å². The summed E-state index contributed by atoms with van der Waals surface area (Å²) in [5.41, 5.74) is 5.29. The summed E-state index contributed by atoms with van der Waals surface area (Å²) in [7, 11) is 0. The molecule has 2 heterocycles. The molecular weight excluding hydrogens is 297 g/mol. The molecule has 14 heavy (non-hydrogen) atoms. The number of anilines is 1. The Morgan fingerprint density at radius 1 is 1.57 bits per heavy atom. The number of rotatable bonds is 1. The zero-order valence-corrected chi connectivity index (χ0v) is 9.11. The minimum atomic E-state index is -0.260. The van der Waals surface area contributed by atoms with Crippen LogP contribution in [0.5, 0.6) is 0 Å². The zero-order valence-electron chi connectivity index (χ0n) is 6.95. The smallest absolute Gasteiger partial charge is 0.266 e. The van der Waals surface area contributed by atoms with Crippen LogP contribution in [0.3, 0.4) is 0 Å². The van der Waals surface area contributed by atoms with E-state index < -0.39 is 0 Å². The van der Waals surface area contributed by atoms with Crippen LogP contribution in [-0.2, 0) is 0 Å². The number of aromatic nitrogens is 2. The maximum Gasteiger partial charge on any atom is 0.266 e. The minimum Gasteiger partial charge on any atom is -0.461 e. The van der Waals surface area contributed by atoms with Gasteiger partial charge in [-0.05, 0) is 34.7 Å². The molecule has 6 heteroatoms. The Labute approximate surface area is 92.5 Å². The summed E-state index contributed by atoms with van der Waals surface area (Å²) >= 11 is 1.84. The third kappa shape index (κ3) is 1.52. The summed E-state index contributed by atoms with van der Waals surface area (Å²) in [5, 5.41) is 0. The highest BCUT2D eigenvalue weighted by molar-refractivity contribution is 14.1. The number of nitrogens with zero attached hydrogens (tertiary/aromatic N) is 1. The predicted octanol–water partition coefficient (Wildman–Crippen LogP) is 1.22. The minimum absolute atomic E-state index is 0.209. The van der Waals surface area contributed by atoms with Gasteiger partial charge in [-0.15, -0.1) is 0 Å². The average Bonchev–Trinajstić information content (AvgIpc) is 2.66. The molecule has 0 saturated heterocycles. The van der Waals surface area contributed by atoms with E-state index in [9.17, 15) is 4.79 Å². The number of aromatic amines is 1. The van der Waals surface area contributed by atoms with Crippen LogP contribution in [0.4, 0.5) is 5.82 Å². The van der Waals surface area contributed by atoms with Crippen molar-refractivity contribution in [3.8, 4) is 11.6 Å². The van der Waals surface area contributed by atoms with Crippen molar-refractivity contribution in [1.29, 1.82) is 0 Å². The van der Waals surface area contributed by atoms with Gasteiger partial charge in [0.25, 0.3) is 5.56 Å². The molecule has 0 atom stereocenters. The molecule has 72 valence electrons. The van der Waals surface area contributed by atoms with E-state index in [1.807, 2.05) is 22.6 Å². The molecule has 0 aromatic carbocycles. The standard InChI is InChI=1S/C8H6IN3O2/c9-5-6(10)11-7(12-8(5)13)4-2-1-3-14-4/h1-3H,(H3,10,11,12,13). The Hall–Kier alpha value is -1.31. The number of nitrogen functional groups attached to an aromatic ring is 1. The Morgan fingerprint density at radius 3 is 2.93 bits per heavy atom. The molecule has 0 radical (unpaired) electrons. The number of hydrogen-bond acceptors (Lipinski definition) is 4. The average molecular weight is 303 g/mol. The molecule has 0 unspecified atom stereocenters. The van der Waals surface area contributed by atoms with Crippen molar-refractivity contribution in [3.63, 3.8) is 0 Å². The van der Waals surface area contributed by atoms with Gasteiger partial charge in [0.2, 0.25) is 0 Å². The second-order valence-corrected chi connectivity index (χ2v) is 3.67. The van der Waals surface area contributed by atoms with Crippen LogP contribution in [0.15, 0.2) is 27.6 Å². The maximum atomic E-state index is 11.3. The van der Waals surface area contributed by atoms with E-state index in [0.717, 1.165) is 0 Å². The topological polar surface area (TPSA) is 84.9 Å². The van der Waals surface area contributed by atoms with Crippen molar-refractivity contribution < 1.29 is 4.42 Å². The van der Waals surface area contributed by atoms with Gasteiger partial charge in [0, 0.05) is 0 Å². The lowest BCUT2D eigenvalue weighted by atomic mass is 10.4. The number of H-pyrrole nitrogens is 1. The normalized spacial score (nSPS) is 10.4. The zero-order chi connectivity index (χ0) is 10.1. The predicted molar refractivity (Wildman–Crippen MR) is 59.7 cm³/mol. The summed E-state index contributed by atoms with van der Waals surface area (Å²) in [5.74, 6) is 1.05. The van der Waals surface area contributed by atoms with Crippen molar-refractivity contribution in [3.05, 3.63) is 32.3 Å². The molecule has 0 fully saturated rings. The lowest BCUT2D eigenvalue weighted by molar-refractivity contribution is 0.577. The highest BCUT2D eigenvalue weighted by atomic mass is 127. The fourth-order valence-corrected chi connectivity index (χ4v) is 1.26.